The summed E-state index contributed by atoms with van der Waals surface area (Å²) in [5.74, 6) is 1.12. The van der Waals surface area contributed by atoms with E-state index in [0.717, 1.165) is 19.6 Å². The Morgan fingerprint density at radius 2 is 1.81 bits per heavy atom. The number of benzene rings is 1. The molecule has 5 heteroatoms. The Morgan fingerprint density at radius 3 is 2.33 bits per heavy atom. The fraction of sp³-hybridized carbons (Fsp3) is 0.562. The number of hydrogen-bond acceptors (Lipinski definition) is 4. The van der Waals surface area contributed by atoms with Crippen molar-refractivity contribution in [2.45, 2.75) is 13.8 Å². The Morgan fingerprint density at radius 1 is 1.19 bits per heavy atom. The quantitative estimate of drug-likeness (QED) is 0.741. The van der Waals surface area contributed by atoms with Crippen molar-refractivity contribution in [3.63, 3.8) is 0 Å². The van der Waals surface area contributed by atoms with E-state index in [9.17, 15) is 4.79 Å². The topological polar surface area (TPSA) is 58.8 Å². The van der Waals surface area contributed by atoms with Crippen LogP contribution in [0.25, 0.3) is 0 Å². The van der Waals surface area contributed by atoms with Gasteiger partial charge in [-0.3, -0.25) is 4.79 Å². The third-order valence-electron chi connectivity index (χ3n) is 3.00. The number of rotatable bonds is 8. The summed E-state index contributed by atoms with van der Waals surface area (Å²) in [6.45, 7) is 6.59. The number of carbonyl (C=O) groups excluding carboxylic acids is 1. The maximum Gasteiger partial charge on any atom is 0.260 e. The van der Waals surface area contributed by atoms with Crippen LogP contribution in [0.4, 0.5) is 5.69 Å². The number of nitrogens with two attached hydrogens (primary N) is 1. The molecular formula is C16H27N3O2. The highest BCUT2D eigenvalue weighted by molar-refractivity contribution is 5.77. The summed E-state index contributed by atoms with van der Waals surface area (Å²) in [4.78, 5) is 16.2. The molecule has 5 nitrogen and oxygen atoms in total. The van der Waals surface area contributed by atoms with E-state index in [0.29, 0.717) is 17.4 Å². The van der Waals surface area contributed by atoms with Gasteiger partial charge in [0.1, 0.15) is 5.75 Å². The third kappa shape index (κ3) is 6.99. The SMILES string of the molecule is CC(C)CN(CCN(C)C)C(=O)COc1ccc(N)cc1. The van der Waals surface area contributed by atoms with Gasteiger partial charge in [0.15, 0.2) is 6.61 Å². The van der Waals surface area contributed by atoms with Crippen LogP contribution in [0.5, 0.6) is 5.75 Å². The highest BCUT2D eigenvalue weighted by Gasteiger charge is 2.15. The van der Waals surface area contributed by atoms with Crippen molar-refractivity contribution in [2.75, 3.05) is 46.1 Å². The molecular weight excluding hydrogens is 266 g/mol. The smallest absolute Gasteiger partial charge is 0.260 e. The summed E-state index contributed by atoms with van der Waals surface area (Å²) < 4.78 is 5.53. The molecule has 0 spiro atoms. The lowest BCUT2D eigenvalue weighted by Crippen LogP contribution is -2.41. The zero-order chi connectivity index (χ0) is 15.8. The Labute approximate surface area is 127 Å². The fourth-order valence-electron chi connectivity index (χ4n) is 1.88. The van der Waals surface area contributed by atoms with Gasteiger partial charge in [-0.05, 0) is 44.3 Å². The monoisotopic (exact) mass is 293 g/mol. The lowest BCUT2D eigenvalue weighted by molar-refractivity contribution is -0.134. The van der Waals surface area contributed by atoms with Crippen molar-refractivity contribution in [3.05, 3.63) is 24.3 Å². The Bertz CT molecular complexity index is 430. The minimum Gasteiger partial charge on any atom is -0.484 e. The molecule has 1 aromatic rings. The molecule has 0 atom stereocenters. The summed E-state index contributed by atoms with van der Waals surface area (Å²) in [6.07, 6.45) is 0. The van der Waals surface area contributed by atoms with Crippen molar-refractivity contribution in [3.8, 4) is 5.75 Å². The van der Waals surface area contributed by atoms with Crippen LogP contribution < -0.4 is 10.5 Å². The minimum absolute atomic E-state index is 0.0161. The van der Waals surface area contributed by atoms with Crippen LogP contribution in [-0.4, -0.2) is 56.0 Å². The second-order valence-corrected chi connectivity index (χ2v) is 5.89. The summed E-state index contributed by atoms with van der Waals surface area (Å²) in [7, 11) is 4.01. The maximum atomic E-state index is 12.3. The van der Waals surface area contributed by atoms with Gasteiger partial charge in [-0.25, -0.2) is 0 Å². The standard InChI is InChI=1S/C16H27N3O2/c1-13(2)11-19(10-9-18(3)4)16(20)12-21-15-7-5-14(17)6-8-15/h5-8,13H,9-12,17H2,1-4H3. The van der Waals surface area contributed by atoms with Crippen molar-refractivity contribution in [2.24, 2.45) is 5.92 Å². The number of ether oxygens (including phenoxy) is 1. The molecule has 118 valence electrons. The van der Waals surface area contributed by atoms with Gasteiger partial charge in [0.25, 0.3) is 5.91 Å². The van der Waals surface area contributed by atoms with Crippen LogP contribution in [-0.2, 0) is 4.79 Å². The van der Waals surface area contributed by atoms with E-state index in [2.05, 4.69) is 18.7 Å². The number of nitrogens with zero attached hydrogens (tertiary/aromatic N) is 2. The van der Waals surface area contributed by atoms with E-state index < -0.39 is 0 Å². The summed E-state index contributed by atoms with van der Waals surface area (Å²) in [6, 6.07) is 7.07. The van der Waals surface area contributed by atoms with Crippen molar-refractivity contribution < 1.29 is 9.53 Å². The van der Waals surface area contributed by atoms with Crippen molar-refractivity contribution in [1.82, 2.24) is 9.80 Å². The van der Waals surface area contributed by atoms with Gasteiger partial charge in [0.05, 0.1) is 0 Å². The first-order chi connectivity index (χ1) is 9.88. The fourth-order valence-corrected chi connectivity index (χ4v) is 1.88. The second kappa shape index (κ2) is 8.52. The van der Waals surface area contributed by atoms with Gasteiger partial charge in [-0.2, -0.15) is 0 Å². The first-order valence-corrected chi connectivity index (χ1v) is 7.29. The molecule has 0 bridgehead atoms. The van der Waals surface area contributed by atoms with E-state index in [4.69, 9.17) is 10.5 Å². The molecule has 0 fully saturated rings. The lowest BCUT2D eigenvalue weighted by atomic mass is 10.2. The van der Waals surface area contributed by atoms with E-state index in [1.807, 2.05) is 19.0 Å². The number of likely N-dealkylation sites (N-methyl/N-ethyl adjacent to an activating group) is 1. The predicted octanol–water partition coefficient (Wildman–Crippen LogP) is 1.69. The van der Waals surface area contributed by atoms with E-state index >= 15 is 0 Å². The number of anilines is 1. The van der Waals surface area contributed by atoms with Gasteiger partial charge in [-0.1, -0.05) is 13.8 Å². The zero-order valence-corrected chi connectivity index (χ0v) is 13.5. The average Bonchev–Trinajstić information content (AvgIpc) is 2.42. The maximum absolute atomic E-state index is 12.3. The number of carbonyl (C=O) groups is 1. The highest BCUT2D eigenvalue weighted by Crippen LogP contribution is 2.13. The third-order valence-corrected chi connectivity index (χ3v) is 3.00. The highest BCUT2D eigenvalue weighted by atomic mass is 16.5. The predicted molar refractivity (Wildman–Crippen MR) is 86.3 cm³/mol. The van der Waals surface area contributed by atoms with Gasteiger partial charge in [-0.15, -0.1) is 0 Å². The molecule has 0 aliphatic heterocycles. The first kappa shape index (κ1) is 17.3. The molecule has 0 heterocycles. The molecule has 2 N–H and O–H groups in total. The molecule has 0 radical (unpaired) electrons. The molecule has 1 rings (SSSR count). The zero-order valence-electron chi connectivity index (χ0n) is 13.5. The summed E-state index contributed by atoms with van der Waals surface area (Å²) in [5.41, 5.74) is 6.30. The molecule has 0 unspecified atom stereocenters. The molecule has 0 aliphatic rings. The van der Waals surface area contributed by atoms with Gasteiger partial charge >= 0.3 is 0 Å². The van der Waals surface area contributed by atoms with Crippen LogP contribution in [0.15, 0.2) is 24.3 Å². The van der Waals surface area contributed by atoms with Crippen LogP contribution in [0.3, 0.4) is 0 Å². The van der Waals surface area contributed by atoms with E-state index in [-0.39, 0.29) is 12.5 Å². The molecule has 1 aromatic carbocycles. The van der Waals surface area contributed by atoms with Crippen molar-refractivity contribution in [1.29, 1.82) is 0 Å². The van der Waals surface area contributed by atoms with Crippen LogP contribution >= 0.6 is 0 Å². The minimum atomic E-state index is 0.0161. The van der Waals surface area contributed by atoms with Crippen LogP contribution in [0.1, 0.15) is 13.8 Å². The Hall–Kier alpha value is -1.75. The van der Waals surface area contributed by atoms with Gasteiger partial charge in [0.2, 0.25) is 0 Å². The molecule has 1 amide bonds. The average molecular weight is 293 g/mol. The summed E-state index contributed by atoms with van der Waals surface area (Å²) in [5, 5.41) is 0. The van der Waals surface area contributed by atoms with E-state index in [1.165, 1.54) is 0 Å². The Kier molecular flexibility index (Phi) is 7.02. The molecule has 21 heavy (non-hydrogen) atoms. The molecule has 0 saturated carbocycles. The Balaban J connectivity index is 2.52. The lowest BCUT2D eigenvalue weighted by Gasteiger charge is -2.26. The number of hydrogen-bond donors (Lipinski definition) is 1. The number of amides is 1. The molecule has 0 aromatic heterocycles. The van der Waals surface area contributed by atoms with Gasteiger partial charge < -0.3 is 20.3 Å². The van der Waals surface area contributed by atoms with E-state index in [1.54, 1.807) is 24.3 Å². The molecule has 0 saturated heterocycles. The summed E-state index contributed by atoms with van der Waals surface area (Å²) >= 11 is 0. The normalized spacial score (nSPS) is 11.0. The largest absolute Gasteiger partial charge is 0.484 e. The van der Waals surface area contributed by atoms with Gasteiger partial charge in [0, 0.05) is 25.3 Å². The van der Waals surface area contributed by atoms with Crippen molar-refractivity contribution >= 4 is 11.6 Å². The van der Waals surface area contributed by atoms with Crippen LogP contribution in [0.2, 0.25) is 0 Å². The number of nitrogen functional groups attached to an aromatic ring is 1. The molecule has 0 aliphatic carbocycles. The second-order valence-electron chi connectivity index (χ2n) is 5.89. The van der Waals surface area contributed by atoms with Crippen LogP contribution in [0, 0.1) is 5.92 Å². The first-order valence-electron chi connectivity index (χ1n) is 7.29.